The summed E-state index contributed by atoms with van der Waals surface area (Å²) in [6.07, 6.45) is 1.97. The first-order valence-electron chi connectivity index (χ1n) is 8.28. The summed E-state index contributed by atoms with van der Waals surface area (Å²) < 4.78 is 64.3. The zero-order chi connectivity index (χ0) is 22.7. The number of aromatic nitrogens is 1. The molecule has 0 fully saturated rings. The predicted molar refractivity (Wildman–Crippen MR) is 105 cm³/mol. The molecule has 1 aromatic heterocycles. The van der Waals surface area contributed by atoms with Gasteiger partial charge in [0.15, 0.2) is 0 Å². The quantitative estimate of drug-likeness (QED) is 0.353. The maximum absolute atomic E-state index is 12.6. The van der Waals surface area contributed by atoms with Gasteiger partial charge >= 0.3 is 15.6 Å². The van der Waals surface area contributed by atoms with Crippen LogP contribution in [0, 0.1) is 6.92 Å². The lowest BCUT2D eigenvalue weighted by molar-refractivity contribution is -0.0500. The molecule has 0 aliphatic heterocycles. The molecule has 0 bridgehead atoms. The van der Waals surface area contributed by atoms with Crippen molar-refractivity contribution in [1.29, 1.82) is 0 Å². The lowest BCUT2D eigenvalue weighted by atomic mass is 10.1. The number of aromatic amines is 1. The smallest absolute Gasteiger partial charge is 0.369 e. The van der Waals surface area contributed by atoms with E-state index < -0.39 is 38.4 Å². The molecule has 13 heteroatoms. The Labute approximate surface area is 179 Å². The van der Waals surface area contributed by atoms with Gasteiger partial charge < -0.3 is 14.5 Å². The number of carbonyl (C=O) groups is 1. The van der Waals surface area contributed by atoms with Crippen molar-refractivity contribution in [3.63, 3.8) is 0 Å². The largest absolute Gasteiger partial charge is 0.534 e. The summed E-state index contributed by atoms with van der Waals surface area (Å²) in [7, 11) is -6.14. The average Bonchev–Trinajstić information content (AvgIpc) is 2.63. The molecule has 2 rings (SSSR count). The molecule has 1 aromatic carbocycles. The molecule has 0 radical (unpaired) electrons. The van der Waals surface area contributed by atoms with Gasteiger partial charge in [0.05, 0.1) is 15.6 Å². The van der Waals surface area contributed by atoms with E-state index in [-0.39, 0.29) is 12.1 Å². The number of halogens is 5. The van der Waals surface area contributed by atoms with Gasteiger partial charge in [-0.2, -0.15) is 21.6 Å². The number of H-pyrrole nitrogens is 1. The van der Waals surface area contributed by atoms with E-state index in [2.05, 4.69) is 9.50 Å². The highest BCUT2D eigenvalue weighted by atomic mass is 35.5. The van der Waals surface area contributed by atoms with Crippen LogP contribution in [0.2, 0.25) is 10.0 Å². The second-order valence-corrected chi connectivity index (χ2v) is 8.45. The minimum absolute atomic E-state index is 0.0176. The van der Waals surface area contributed by atoms with Gasteiger partial charge in [0, 0.05) is 12.7 Å². The van der Waals surface area contributed by atoms with Gasteiger partial charge in [-0.05, 0) is 43.0 Å². The number of aryl methyl sites for hydroxylation is 2. The van der Waals surface area contributed by atoms with Crippen molar-refractivity contribution < 1.29 is 30.6 Å². The van der Waals surface area contributed by atoms with Crippen LogP contribution < -0.4 is 15.1 Å². The maximum atomic E-state index is 12.6. The first kappa shape index (κ1) is 24.0. The number of nitrogens with one attached hydrogen (secondary N) is 2. The second kappa shape index (κ2) is 9.27. The molecule has 164 valence electrons. The normalized spacial score (nSPS) is 11.9. The zero-order valence-corrected chi connectivity index (χ0v) is 17.6. The van der Waals surface area contributed by atoms with Crippen LogP contribution in [0.1, 0.15) is 27.9 Å². The Balaban J connectivity index is 2.14. The second-order valence-electron chi connectivity index (χ2n) is 6.10. The molecule has 0 saturated heterocycles. The Morgan fingerprint density at radius 1 is 1.23 bits per heavy atom. The molecule has 0 atom stereocenters. The Hall–Kier alpha value is -2.24. The minimum atomic E-state index is -6.14. The number of pyridine rings is 1. The molecule has 0 aliphatic carbocycles. The van der Waals surface area contributed by atoms with Crippen molar-refractivity contribution >= 4 is 39.2 Å². The molecular formula is C17H15Cl2F3N2O5S. The molecule has 2 aromatic rings. The van der Waals surface area contributed by atoms with E-state index in [1.165, 1.54) is 6.92 Å². The van der Waals surface area contributed by atoms with E-state index in [9.17, 15) is 31.2 Å². The Morgan fingerprint density at radius 3 is 2.50 bits per heavy atom. The summed E-state index contributed by atoms with van der Waals surface area (Å²) in [5.41, 5.74) is -6.82. The van der Waals surface area contributed by atoms with Crippen LogP contribution >= 0.6 is 23.2 Å². The number of alkyl halides is 3. The highest BCUT2D eigenvalue weighted by Crippen LogP contribution is 2.28. The summed E-state index contributed by atoms with van der Waals surface area (Å²) in [6, 6.07) is 5.01. The lowest BCUT2D eigenvalue weighted by Gasteiger charge is -2.14. The van der Waals surface area contributed by atoms with E-state index >= 15 is 0 Å². The first-order chi connectivity index (χ1) is 13.8. The monoisotopic (exact) mass is 486 g/mol. The number of rotatable bonds is 7. The van der Waals surface area contributed by atoms with Crippen LogP contribution in [0.3, 0.4) is 0 Å². The third kappa shape index (κ3) is 5.67. The van der Waals surface area contributed by atoms with Crippen molar-refractivity contribution in [2.45, 2.75) is 25.3 Å². The molecule has 0 spiro atoms. The Morgan fingerprint density at radius 2 is 1.90 bits per heavy atom. The third-order valence-electron chi connectivity index (χ3n) is 3.86. The highest BCUT2D eigenvalue weighted by molar-refractivity contribution is 7.88. The van der Waals surface area contributed by atoms with E-state index in [1.807, 2.05) is 4.98 Å². The molecule has 2 N–H and O–H groups in total. The van der Waals surface area contributed by atoms with Crippen LogP contribution in [0.4, 0.5) is 13.2 Å². The number of hydrogen-bond acceptors (Lipinski definition) is 5. The summed E-state index contributed by atoms with van der Waals surface area (Å²) >= 11 is 11.7. The number of hydrogen-bond donors (Lipinski definition) is 2. The SMILES string of the molecule is Cc1c[nH]c(=O)c(OS(=O)(=O)C(F)(F)F)c1C(=O)NCCCc1ccc(Cl)c(Cl)c1. The van der Waals surface area contributed by atoms with E-state index in [4.69, 9.17) is 23.2 Å². The van der Waals surface area contributed by atoms with Gasteiger partial charge in [-0.3, -0.25) is 9.59 Å². The summed E-state index contributed by atoms with van der Waals surface area (Å²) in [4.78, 5) is 26.3. The van der Waals surface area contributed by atoms with Crippen molar-refractivity contribution in [3.8, 4) is 5.75 Å². The fourth-order valence-electron chi connectivity index (χ4n) is 2.40. The zero-order valence-electron chi connectivity index (χ0n) is 15.3. The van der Waals surface area contributed by atoms with Crippen molar-refractivity contribution in [2.24, 2.45) is 0 Å². The van der Waals surface area contributed by atoms with Gasteiger partial charge in [0.25, 0.3) is 11.5 Å². The molecular weight excluding hydrogens is 472 g/mol. The summed E-state index contributed by atoms with van der Waals surface area (Å²) in [5, 5.41) is 3.18. The molecule has 0 aliphatic rings. The summed E-state index contributed by atoms with van der Waals surface area (Å²) in [5.74, 6) is -2.21. The molecule has 1 heterocycles. The van der Waals surface area contributed by atoms with Crippen molar-refractivity contribution in [2.75, 3.05) is 6.54 Å². The van der Waals surface area contributed by atoms with Crippen molar-refractivity contribution in [1.82, 2.24) is 10.3 Å². The lowest BCUT2D eigenvalue weighted by Crippen LogP contribution is -2.33. The topological polar surface area (TPSA) is 105 Å². The predicted octanol–water partition coefficient (Wildman–Crippen LogP) is 3.58. The van der Waals surface area contributed by atoms with Gasteiger partial charge in [-0.15, -0.1) is 0 Å². The molecule has 1 amide bonds. The standard InChI is InChI=1S/C17H15Cl2F3N2O5S/c1-9-8-24-16(26)14(29-30(27,28)17(20,21)22)13(9)15(25)23-6-2-3-10-4-5-11(18)12(19)7-10/h4-5,7-8H,2-3,6H2,1H3,(H,23,25)(H,24,26). The van der Waals surface area contributed by atoms with Crippen LogP contribution in [-0.4, -0.2) is 31.4 Å². The molecule has 30 heavy (non-hydrogen) atoms. The fraction of sp³-hybridized carbons (Fsp3) is 0.294. The van der Waals surface area contributed by atoms with Gasteiger partial charge in [0.2, 0.25) is 5.75 Å². The van der Waals surface area contributed by atoms with E-state index in [1.54, 1.807) is 18.2 Å². The summed E-state index contributed by atoms with van der Waals surface area (Å²) in [6.45, 7) is 1.38. The third-order valence-corrected chi connectivity index (χ3v) is 5.55. The van der Waals surface area contributed by atoms with Gasteiger partial charge in [-0.25, -0.2) is 0 Å². The van der Waals surface area contributed by atoms with Crippen molar-refractivity contribution in [3.05, 3.63) is 61.5 Å². The number of benzene rings is 1. The van der Waals surface area contributed by atoms with Crippen LogP contribution in [0.25, 0.3) is 0 Å². The fourth-order valence-corrected chi connectivity index (χ4v) is 3.19. The van der Waals surface area contributed by atoms with Gasteiger partial charge in [0.1, 0.15) is 0 Å². The molecule has 0 unspecified atom stereocenters. The Bertz CT molecular complexity index is 1120. The van der Waals surface area contributed by atoms with E-state index in [0.29, 0.717) is 22.9 Å². The van der Waals surface area contributed by atoms with Gasteiger partial charge in [-0.1, -0.05) is 29.3 Å². The first-order valence-corrected chi connectivity index (χ1v) is 10.4. The van der Waals surface area contributed by atoms with E-state index in [0.717, 1.165) is 11.8 Å². The number of amides is 1. The molecule has 0 saturated carbocycles. The number of carbonyl (C=O) groups excluding carboxylic acids is 1. The maximum Gasteiger partial charge on any atom is 0.534 e. The van der Waals surface area contributed by atoms with Crippen LogP contribution in [0.15, 0.2) is 29.2 Å². The highest BCUT2D eigenvalue weighted by Gasteiger charge is 2.49. The van der Waals surface area contributed by atoms with Crippen LogP contribution in [0.5, 0.6) is 5.75 Å². The Kier molecular flexibility index (Phi) is 7.43. The minimum Gasteiger partial charge on any atom is -0.369 e. The van der Waals surface area contributed by atoms with Crippen LogP contribution in [-0.2, 0) is 16.5 Å². The average molecular weight is 487 g/mol. The molecule has 7 nitrogen and oxygen atoms in total.